The molecule has 0 bridgehead atoms. The molecule has 5 N–H and O–H groups in total. The van der Waals surface area contributed by atoms with E-state index in [4.69, 9.17) is 5.73 Å². The van der Waals surface area contributed by atoms with E-state index in [9.17, 15) is 24.0 Å². The lowest BCUT2D eigenvalue weighted by molar-refractivity contribution is 0.112. The Hall–Kier alpha value is 0.220. The molecule has 0 spiro atoms. The Labute approximate surface area is 87.1 Å². The van der Waals surface area contributed by atoms with Crippen LogP contribution < -0.4 is 5.73 Å². The van der Waals surface area contributed by atoms with Gasteiger partial charge in [-0.15, -0.1) is 0 Å². The lowest BCUT2D eigenvalue weighted by atomic mass is 10.5. The molecule has 0 aromatic carbocycles. The van der Waals surface area contributed by atoms with Crippen molar-refractivity contribution in [3.05, 3.63) is 0 Å². The van der Waals surface area contributed by atoms with Gasteiger partial charge in [-0.3, -0.25) is 9.13 Å². The van der Waals surface area contributed by atoms with Crippen LogP contribution in [0, 0.1) is 0 Å². The minimum atomic E-state index is -4.71. The summed E-state index contributed by atoms with van der Waals surface area (Å²) in [6, 6.07) is 0. The van der Waals surface area contributed by atoms with Gasteiger partial charge >= 0.3 is 15.2 Å². The summed E-state index contributed by atoms with van der Waals surface area (Å²) in [6.07, 6.45) is -0.601. The zero-order valence-electron chi connectivity index (χ0n) is 8.36. The molecule has 0 saturated carbocycles. The first-order valence-corrected chi connectivity index (χ1v) is 7.03. The molecular weight excluding hydrogens is 248 g/mol. The fraction of sp³-hybridized carbons (Fsp3) is 1.00. The van der Waals surface area contributed by atoms with Crippen LogP contribution in [0.4, 0.5) is 0 Å². The SMILES string of the molecule is COP(=O)(O)C(O)(CCN)P(=O)(O)OC. The molecule has 10 heteroatoms. The fourth-order valence-electron chi connectivity index (χ4n) is 0.928. The van der Waals surface area contributed by atoms with Crippen LogP contribution in [-0.4, -0.2) is 40.7 Å². The number of rotatable bonds is 6. The number of hydrogen-bond acceptors (Lipinski definition) is 6. The van der Waals surface area contributed by atoms with E-state index in [0.717, 1.165) is 14.2 Å². The van der Waals surface area contributed by atoms with Crippen molar-refractivity contribution in [1.29, 1.82) is 0 Å². The summed E-state index contributed by atoms with van der Waals surface area (Å²) in [6.45, 7) is -0.279. The van der Waals surface area contributed by atoms with Gasteiger partial charge in [-0.25, -0.2) is 0 Å². The highest BCUT2D eigenvalue weighted by atomic mass is 31.2. The number of aliphatic hydroxyl groups is 1. The first-order chi connectivity index (χ1) is 6.68. The predicted octanol–water partition coefficient (Wildman–Crippen LogP) is -0.355. The molecule has 2 unspecified atom stereocenters. The molecular formula is C5H15NO7P2. The van der Waals surface area contributed by atoms with Crippen molar-refractivity contribution >= 4 is 15.2 Å². The molecule has 0 aliphatic carbocycles. The number of nitrogens with two attached hydrogens (primary N) is 1. The van der Waals surface area contributed by atoms with Crippen LogP contribution in [-0.2, 0) is 18.2 Å². The molecule has 8 nitrogen and oxygen atoms in total. The minimum absolute atomic E-state index is 0.279. The standard InChI is InChI=1S/C5H15NO7P2/c1-12-14(8,9)5(7,3-4-6)15(10,11)13-2/h7H,3-4,6H2,1-2H3,(H,8,9)(H,10,11). The van der Waals surface area contributed by atoms with E-state index in [0.29, 0.717) is 0 Å². The van der Waals surface area contributed by atoms with E-state index >= 15 is 0 Å². The lowest BCUT2D eigenvalue weighted by Crippen LogP contribution is -2.32. The first kappa shape index (κ1) is 15.2. The van der Waals surface area contributed by atoms with Gasteiger partial charge in [0.15, 0.2) is 0 Å². The van der Waals surface area contributed by atoms with E-state index in [-0.39, 0.29) is 6.54 Å². The molecule has 0 amide bonds. The van der Waals surface area contributed by atoms with Gasteiger partial charge in [0.1, 0.15) is 0 Å². The van der Waals surface area contributed by atoms with Crippen LogP contribution in [0.2, 0.25) is 0 Å². The summed E-state index contributed by atoms with van der Waals surface area (Å²) in [5, 5.41) is 6.81. The van der Waals surface area contributed by atoms with E-state index in [2.05, 4.69) is 9.05 Å². The smallest absolute Gasteiger partial charge is 0.367 e. The van der Waals surface area contributed by atoms with Gasteiger partial charge in [0.2, 0.25) is 0 Å². The summed E-state index contributed by atoms with van der Waals surface area (Å²) in [5.74, 6) is 0. The summed E-state index contributed by atoms with van der Waals surface area (Å²) < 4.78 is 31.1. The van der Waals surface area contributed by atoms with E-state index in [1.807, 2.05) is 0 Å². The monoisotopic (exact) mass is 263 g/mol. The Bertz CT molecular complexity index is 282. The largest absolute Gasteiger partial charge is 0.371 e. The van der Waals surface area contributed by atoms with Crippen LogP contribution in [0.5, 0.6) is 0 Å². The van der Waals surface area contributed by atoms with Crippen LogP contribution >= 0.6 is 15.2 Å². The molecule has 92 valence electrons. The maximum Gasteiger partial charge on any atom is 0.371 e. The zero-order valence-corrected chi connectivity index (χ0v) is 10.1. The van der Waals surface area contributed by atoms with Crippen molar-refractivity contribution in [2.45, 2.75) is 11.5 Å². The van der Waals surface area contributed by atoms with Crippen LogP contribution in [0.15, 0.2) is 0 Å². The van der Waals surface area contributed by atoms with Gasteiger partial charge in [-0.2, -0.15) is 0 Å². The van der Waals surface area contributed by atoms with Crippen LogP contribution in [0.3, 0.4) is 0 Å². The number of hydrogen-bond donors (Lipinski definition) is 4. The summed E-state index contributed by atoms with van der Waals surface area (Å²) in [5.41, 5.74) is 5.08. The molecule has 2 atom stereocenters. The second-order valence-corrected chi connectivity index (χ2v) is 7.36. The second kappa shape index (κ2) is 5.03. The highest BCUT2D eigenvalue weighted by Crippen LogP contribution is 2.72. The molecule has 0 aliphatic rings. The average Bonchev–Trinajstić information content (AvgIpc) is 2.17. The van der Waals surface area contributed by atoms with Gasteiger partial charge in [0.25, 0.3) is 5.08 Å². The fourth-order valence-corrected chi connectivity index (χ4v) is 4.10. The molecule has 0 aliphatic heterocycles. The van der Waals surface area contributed by atoms with Gasteiger partial charge in [-0.1, -0.05) is 0 Å². The Morgan fingerprint density at radius 3 is 1.73 bits per heavy atom. The first-order valence-electron chi connectivity index (χ1n) is 3.88. The third-order valence-corrected chi connectivity index (χ3v) is 6.64. The van der Waals surface area contributed by atoms with Crippen molar-refractivity contribution in [2.24, 2.45) is 5.73 Å². The Morgan fingerprint density at radius 2 is 1.53 bits per heavy atom. The van der Waals surface area contributed by atoms with Crippen molar-refractivity contribution in [2.75, 3.05) is 20.8 Å². The minimum Gasteiger partial charge on any atom is -0.367 e. The molecule has 0 saturated heterocycles. The van der Waals surface area contributed by atoms with E-state index in [1.54, 1.807) is 0 Å². The maximum atomic E-state index is 11.4. The summed E-state index contributed by atoms with van der Waals surface area (Å²) in [7, 11) is -7.76. The molecule has 0 aromatic rings. The van der Waals surface area contributed by atoms with Gasteiger partial charge in [0.05, 0.1) is 0 Å². The van der Waals surface area contributed by atoms with Gasteiger partial charge in [0, 0.05) is 20.6 Å². The molecule has 0 fully saturated rings. The Kier molecular flexibility index (Phi) is 5.11. The van der Waals surface area contributed by atoms with E-state index in [1.165, 1.54) is 0 Å². The average molecular weight is 263 g/mol. The van der Waals surface area contributed by atoms with Crippen molar-refractivity contribution in [1.82, 2.24) is 0 Å². The summed E-state index contributed by atoms with van der Waals surface area (Å²) in [4.78, 5) is 18.5. The Balaban J connectivity index is 5.45. The van der Waals surface area contributed by atoms with Crippen LogP contribution in [0.25, 0.3) is 0 Å². The van der Waals surface area contributed by atoms with Gasteiger partial charge in [-0.05, 0) is 6.54 Å². The quantitative estimate of drug-likeness (QED) is 0.476. The predicted molar refractivity (Wildman–Crippen MR) is 52.3 cm³/mol. The highest BCUT2D eigenvalue weighted by Gasteiger charge is 2.60. The van der Waals surface area contributed by atoms with E-state index < -0.39 is 26.7 Å². The van der Waals surface area contributed by atoms with Crippen molar-refractivity contribution in [3.8, 4) is 0 Å². The van der Waals surface area contributed by atoms with Crippen molar-refractivity contribution < 1.29 is 33.1 Å². The summed E-state index contributed by atoms with van der Waals surface area (Å²) >= 11 is 0. The van der Waals surface area contributed by atoms with Crippen LogP contribution in [0.1, 0.15) is 6.42 Å². The third kappa shape index (κ3) is 2.67. The lowest BCUT2D eigenvalue weighted by Gasteiger charge is -2.32. The molecule has 0 rings (SSSR count). The highest BCUT2D eigenvalue weighted by molar-refractivity contribution is 7.72. The molecule has 0 radical (unpaired) electrons. The maximum absolute atomic E-state index is 11.4. The molecule has 0 heterocycles. The Morgan fingerprint density at radius 1 is 1.20 bits per heavy atom. The van der Waals surface area contributed by atoms with Gasteiger partial charge < -0.3 is 29.7 Å². The van der Waals surface area contributed by atoms with Crippen molar-refractivity contribution in [3.63, 3.8) is 0 Å². The third-order valence-electron chi connectivity index (χ3n) is 1.88. The normalized spacial score (nSPS) is 23.9. The topological polar surface area (TPSA) is 139 Å². The zero-order chi connectivity index (χ0) is 12.3. The molecule has 15 heavy (non-hydrogen) atoms. The molecule has 0 aromatic heterocycles. The second-order valence-electron chi connectivity index (χ2n) is 2.72.